The number of nitrogens with zero attached hydrogens (tertiary/aromatic N) is 3. The minimum absolute atomic E-state index is 0.0217. The number of ether oxygens (including phenoxy) is 3. The van der Waals surface area contributed by atoms with Gasteiger partial charge < -0.3 is 14.2 Å². The maximum absolute atomic E-state index is 12.0. The molecule has 1 unspecified atom stereocenters. The lowest BCUT2D eigenvalue weighted by molar-refractivity contribution is -0.217. The van der Waals surface area contributed by atoms with Crippen molar-refractivity contribution < 1.29 is 19.0 Å². The summed E-state index contributed by atoms with van der Waals surface area (Å²) in [6.07, 6.45) is 7.24. The van der Waals surface area contributed by atoms with E-state index in [2.05, 4.69) is 28.5 Å². The van der Waals surface area contributed by atoms with Gasteiger partial charge in [0, 0.05) is 45.3 Å². The molecule has 0 amide bonds. The van der Waals surface area contributed by atoms with E-state index in [0.717, 1.165) is 65.0 Å². The van der Waals surface area contributed by atoms with Crippen LogP contribution >= 0.6 is 0 Å². The summed E-state index contributed by atoms with van der Waals surface area (Å²) in [5.41, 5.74) is 0. The van der Waals surface area contributed by atoms with E-state index in [9.17, 15) is 4.79 Å². The zero-order chi connectivity index (χ0) is 21.1. The molecule has 7 heteroatoms. The van der Waals surface area contributed by atoms with Crippen molar-refractivity contribution in [1.82, 2.24) is 14.7 Å². The van der Waals surface area contributed by atoms with Crippen molar-refractivity contribution in [2.24, 2.45) is 5.92 Å². The van der Waals surface area contributed by atoms with E-state index in [4.69, 9.17) is 14.2 Å². The van der Waals surface area contributed by atoms with Gasteiger partial charge in [0.1, 0.15) is 0 Å². The first kappa shape index (κ1) is 22.5. The van der Waals surface area contributed by atoms with Crippen molar-refractivity contribution in [2.45, 2.75) is 90.0 Å². The molecule has 0 bridgehead atoms. The summed E-state index contributed by atoms with van der Waals surface area (Å²) in [5.74, 6) is 0.0420. The Kier molecular flexibility index (Phi) is 7.68. The second kappa shape index (κ2) is 10.3. The molecule has 0 aromatic heterocycles. The van der Waals surface area contributed by atoms with Crippen LogP contribution in [-0.2, 0) is 19.0 Å². The molecule has 0 aromatic carbocycles. The number of hydrogen-bond acceptors (Lipinski definition) is 7. The van der Waals surface area contributed by atoms with E-state index >= 15 is 0 Å². The van der Waals surface area contributed by atoms with Gasteiger partial charge in [0.05, 0.1) is 30.8 Å². The van der Waals surface area contributed by atoms with Gasteiger partial charge in [-0.3, -0.25) is 19.5 Å². The van der Waals surface area contributed by atoms with Crippen LogP contribution in [0.25, 0.3) is 0 Å². The maximum Gasteiger partial charge on any atom is 0.308 e. The molecule has 0 radical (unpaired) electrons. The molecule has 0 aromatic rings. The molecule has 1 saturated carbocycles. The van der Waals surface area contributed by atoms with Crippen LogP contribution in [0.15, 0.2) is 0 Å². The molecule has 172 valence electrons. The van der Waals surface area contributed by atoms with Gasteiger partial charge in [0.25, 0.3) is 0 Å². The van der Waals surface area contributed by atoms with Gasteiger partial charge in [0.15, 0.2) is 6.35 Å². The SMILES string of the molecule is CCOC(=O)[C@H]1CC[C@H](OC(N2CCCC2)N2CC(N3C[C@@H](C)O[C@@H](C)C3)C2)CC1. The predicted octanol–water partition coefficient (Wildman–Crippen LogP) is 2.30. The first-order valence-electron chi connectivity index (χ1n) is 12.2. The van der Waals surface area contributed by atoms with E-state index in [-0.39, 0.29) is 24.3 Å². The van der Waals surface area contributed by atoms with Crippen molar-refractivity contribution in [1.29, 1.82) is 0 Å². The van der Waals surface area contributed by atoms with Gasteiger partial charge in [-0.1, -0.05) is 0 Å². The molecule has 30 heavy (non-hydrogen) atoms. The molecule has 7 nitrogen and oxygen atoms in total. The van der Waals surface area contributed by atoms with E-state index in [0.29, 0.717) is 24.9 Å². The fourth-order valence-corrected chi connectivity index (χ4v) is 5.65. The van der Waals surface area contributed by atoms with Crippen molar-refractivity contribution in [3.63, 3.8) is 0 Å². The third-order valence-electron chi connectivity index (χ3n) is 7.23. The van der Waals surface area contributed by atoms with Gasteiger partial charge in [-0.2, -0.15) is 0 Å². The number of rotatable bonds is 7. The zero-order valence-electron chi connectivity index (χ0n) is 19.1. The topological polar surface area (TPSA) is 54.5 Å². The Morgan fingerprint density at radius 3 is 2.20 bits per heavy atom. The largest absolute Gasteiger partial charge is 0.466 e. The van der Waals surface area contributed by atoms with Crippen molar-refractivity contribution in [3.8, 4) is 0 Å². The Bertz CT molecular complexity index is 547. The zero-order valence-corrected chi connectivity index (χ0v) is 19.1. The maximum atomic E-state index is 12.0. The van der Waals surface area contributed by atoms with Crippen LogP contribution in [0.4, 0.5) is 0 Å². The van der Waals surface area contributed by atoms with Crippen LogP contribution in [0.1, 0.15) is 59.3 Å². The van der Waals surface area contributed by atoms with E-state index in [1.54, 1.807) is 0 Å². The number of morpholine rings is 1. The smallest absolute Gasteiger partial charge is 0.308 e. The second-order valence-corrected chi connectivity index (χ2v) is 9.75. The monoisotopic (exact) mass is 423 g/mol. The van der Waals surface area contributed by atoms with Gasteiger partial charge in [-0.15, -0.1) is 0 Å². The van der Waals surface area contributed by atoms with Crippen molar-refractivity contribution >= 4 is 5.97 Å². The van der Waals surface area contributed by atoms with Gasteiger partial charge in [0.2, 0.25) is 0 Å². The third-order valence-corrected chi connectivity index (χ3v) is 7.23. The quantitative estimate of drug-likeness (QED) is 0.583. The minimum atomic E-state index is -0.0217. The summed E-state index contributed by atoms with van der Waals surface area (Å²) >= 11 is 0. The summed E-state index contributed by atoms with van der Waals surface area (Å²) in [6, 6.07) is 0.618. The van der Waals surface area contributed by atoms with Gasteiger partial charge in [-0.05, 0) is 59.3 Å². The highest BCUT2D eigenvalue weighted by molar-refractivity contribution is 5.72. The number of likely N-dealkylation sites (tertiary alicyclic amines) is 2. The Morgan fingerprint density at radius 1 is 0.967 bits per heavy atom. The highest BCUT2D eigenvalue weighted by Crippen LogP contribution is 2.31. The standard InChI is InChI=1S/C23H41N3O4/c1-4-28-22(27)19-7-9-21(10-8-19)30-23(24-11-5-6-12-24)26-15-20(16-26)25-13-17(2)29-18(3)14-25/h17-21,23H,4-16H2,1-3H3/t17-,18+,19-,21-,23?. The molecular weight excluding hydrogens is 382 g/mol. The Morgan fingerprint density at radius 2 is 1.60 bits per heavy atom. The van der Waals surface area contributed by atoms with Crippen LogP contribution in [0.2, 0.25) is 0 Å². The lowest BCUT2D eigenvalue weighted by atomic mass is 9.87. The van der Waals surface area contributed by atoms with Crippen molar-refractivity contribution in [2.75, 3.05) is 45.9 Å². The molecule has 0 N–H and O–H groups in total. The molecule has 3 heterocycles. The van der Waals surface area contributed by atoms with E-state index in [1.165, 1.54) is 12.8 Å². The fraction of sp³-hybridized carbons (Fsp3) is 0.957. The number of esters is 1. The van der Waals surface area contributed by atoms with E-state index in [1.807, 2.05) is 6.92 Å². The lowest BCUT2D eigenvalue weighted by Crippen LogP contribution is -2.68. The van der Waals surface area contributed by atoms with E-state index < -0.39 is 0 Å². The average Bonchev–Trinajstić information content (AvgIpc) is 3.20. The third kappa shape index (κ3) is 5.36. The van der Waals surface area contributed by atoms with Crippen LogP contribution < -0.4 is 0 Å². The summed E-state index contributed by atoms with van der Waals surface area (Å²) in [7, 11) is 0. The second-order valence-electron chi connectivity index (χ2n) is 9.75. The molecule has 0 spiro atoms. The Balaban J connectivity index is 1.29. The normalized spacial score (nSPS) is 35.8. The Hall–Kier alpha value is -0.730. The van der Waals surface area contributed by atoms with Crippen LogP contribution in [0.3, 0.4) is 0 Å². The summed E-state index contributed by atoms with van der Waals surface area (Å²) < 4.78 is 17.8. The summed E-state index contributed by atoms with van der Waals surface area (Å²) in [6.45, 7) is 13.2. The predicted molar refractivity (Wildman–Crippen MR) is 115 cm³/mol. The first-order valence-corrected chi connectivity index (χ1v) is 12.2. The van der Waals surface area contributed by atoms with Crippen molar-refractivity contribution in [3.05, 3.63) is 0 Å². The first-order chi connectivity index (χ1) is 14.5. The molecule has 3 saturated heterocycles. The molecule has 3 atom stereocenters. The fourth-order valence-electron chi connectivity index (χ4n) is 5.65. The molecular formula is C23H41N3O4. The summed E-state index contributed by atoms with van der Waals surface area (Å²) in [4.78, 5) is 19.7. The van der Waals surface area contributed by atoms with Crippen LogP contribution in [-0.4, -0.2) is 97.3 Å². The molecule has 4 aliphatic rings. The highest BCUT2D eigenvalue weighted by Gasteiger charge is 2.42. The van der Waals surface area contributed by atoms with Gasteiger partial charge >= 0.3 is 5.97 Å². The average molecular weight is 424 g/mol. The molecule has 1 aliphatic carbocycles. The highest BCUT2D eigenvalue weighted by atomic mass is 16.5. The number of carbonyl (C=O) groups is 1. The molecule has 3 aliphatic heterocycles. The lowest BCUT2D eigenvalue weighted by Gasteiger charge is -2.53. The number of carbonyl (C=O) groups excluding carboxylic acids is 1. The van der Waals surface area contributed by atoms with Crippen LogP contribution in [0.5, 0.6) is 0 Å². The molecule has 4 rings (SSSR count). The number of hydrogen-bond donors (Lipinski definition) is 0. The molecule has 4 fully saturated rings. The van der Waals surface area contributed by atoms with Crippen LogP contribution in [0, 0.1) is 5.92 Å². The Labute approximate surface area is 182 Å². The summed E-state index contributed by atoms with van der Waals surface area (Å²) in [5, 5.41) is 0. The van der Waals surface area contributed by atoms with Gasteiger partial charge in [-0.25, -0.2) is 0 Å². The minimum Gasteiger partial charge on any atom is -0.466 e.